The Morgan fingerprint density at radius 3 is 1.55 bits per heavy atom. The first kappa shape index (κ1) is 30.1. The van der Waals surface area contributed by atoms with Crippen LogP contribution in [0.4, 0.5) is 11.4 Å². The number of esters is 1. The summed E-state index contributed by atoms with van der Waals surface area (Å²) in [5.74, 6) is -6.68. The van der Waals surface area contributed by atoms with Crippen molar-refractivity contribution in [3.63, 3.8) is 0 Å². The lowest BCUT2D eigenvalue weighted by molar-refractivity contribution is -0.152. The molecule has 3 fully saturated rings. The van der Waals surface area contributed by atoms with Crippen molar-refractivity contribution in [1.82, 2.24) is 0 Å². The third-order valence-electron chi connectivity index (χ3n) is 9.59. The fourth-order valence-corrected chi connectivity index (χ4v) is 9.16. The van der Waals surface area contributed by atoms with E-state index in [2.05, 4.69) is 15.9 Å². The normalized spacial score (nSPS) is 30.6. The Hall–Kier alpha value is -3.99. The standard InChI is InChI=1S/C33H33BrN2O8/c1-6-42-20-15-11-9-13-18(20)35-27(37)23-25(29(35)39)33(34)17(4)22(31(41)44-8-3)32(23,5)24-26(33)30(40)36(28(24)38)19-14-10-12-16-21(19)43-7-2/h9-16,23-26H,6-8H2,1-5H3/t23-,24+,25+,26-,32?,33?. The van der Waals surface area contributed by atoms with E-state index in [0.29, 0.717) is 30.3 Å². The number of hydrogen-bond donors (Lipinski definition) is 0. The first-order valence-corrected chi connectivity index (χ1v) is 15.6. The number of para-hydroxylation sites is 4. The monoisotopic (exact) mass is 664 g/mol. The van der Waals surface area contributed by atoms with Crippen LogP contribution in [0.3, 0.4) is 0 Å². The van der Waals surface area contributed by atoms with Crippen molar-refractivity contribution >= 4 is 56.9 Å². The third kappa shape index (κ3) is 3.68. The van der Waals surface area contributed by atoms with Crippen molar-refractivity contribution in [2.75, 3.05) is 29.6 Å². The van der Waals surface area contributed by atoms with Crippen LogP contribution in [0, 0.1) is 29.1 Å². The number of alkyl halides is 1. The molecule has 230 valence electrons. The minimum Gasteiger partial charge on any atom is -0.492 e. The molecule has 3 aliphatic carbocycles. The number of imide groups is 2. The molecule has 2 heterocycles. The van der Waals surface area contributed by atoms with Gasteiger partial charge < -0.3 is 14.2 Å². The molecule has 7 rings (SSSR count). The van der Waals surface area contributed by atoms with Gasteiger partial charge in [-0.05, 0) is 57.5 Å². The second-order valence-corrected chi connectivity index (χ2v) is 12.8. The zero-order chi connectivity index (χ0) is 31.7. The van der Waals surface area contributed by atoms with Crippen LogP contribution in [0.15, 0.2) is 59.7 Å². The number of amides is 4. The Morgan fingerprint density at radius 1 is 0.727 bits per heavy atom. The number of carbonyl (C=O) groups is 5. The average Bonchev–Trinajstić information content (AvgIpc) is 3.43. The van der Waals surface area contributed by atoms with E-state index < -0.39 is 63.0 Å². The van der Waals surface area contributed by atoms with Crippen LogP contribution in [-0.4, -0.2) is 53.7 Å². The largest absolute Gasteiger partial charge is 0.492 e. The van der Waals surface area contributed by atoms with Crippen molar-refractivity contribution < 1.29 is 38.2 Å². The molecule has 1 saturated carbocycles. The first-order chi connectivity index (χ1) is 21.0. The number of halogens is 1. The number of rotatable bonds is 8. The molecule has 2 aromatic rings. The molecule has 6 atom stereocenters. The average molecular weight is 666 g/mol. The van der Waals surface area contributed by atoms with E-state index in [-0.39, 0.29) is 23.6 Å². The van der Waals surface area contributed by atoms with Gasteiger partial charge in [0.05, 0.1) is 59.2 Å². The molecule has 44 heavy (non-hydrogen) atoms. The fourth-order valence-electron chi connectivity index (χ4n) is 8.04. The summed E-state index contributed by atoms with van der Waals surface area (Å²) in [6, 6.07) is 13.5. The minimum absolute atomic E-state index is 0.0602. The quantitative estimate of drug-likeness (QED) is 0.231. The molecule has 0 aromatic heterocycles. The second kappa shape index (κ2) is 10.6. The van der Waals surface area contributed by atoms with Gasteiger partial charge in [0.2, 0.25) is 23.6 Å². The second-order valence-electron chi connectivity index (χ2n) is 11.5. The number of carbonyl (C=O) groups excluding carboxylic acids is 5. The molecule has 4 amide bonds. The van der Waals surface area contributed by atoms with Crippen LogP contribution in [0.25, 0.3) is 0 Å². The topological polar surface area (TPSA) is 120 Å². The Kier molecular flexibility index (Phi) is 7.22. The first-order valence-electron chi connectivity index (χ1n) is 14.8. The zero-order valence-electron chi connectivity index (χ0n) is 25.1. The van der Waals surface area contributed by atoms with Gasteiger partial charge in [-0.15, -0.1) is 0 Å². The molecule has 0 spiro atoms. The van der Waals surface area contributed by atoms with Crippen LogP contribution >= 0.6 is 15.9 Å². The van der Waals surface area contributed by atoms with E-state index >= 15 is 0 Å². The SMILES string of the molecule is CCOC(=O)C1=C(C)C2(Br)[C@@H]3C(=O)N(c4ccccc4OCC)C(=O)[C@@H]3C1(C)[C@@H]1C(=O)N(c3ccccc3OCC)C(=O)[C@@H]12. The highest BCUT2D eigenvalue weighted by atomic mass is 79.9. The molecule has 2 aliphatic heterocycles. The van der Waals surface area contributed by atoms with Gasteiger partial charge in [0.1, 0.15) is 11.5 Å². The number of anilines is 2. The summed E-state index contributed by atoms with van der Waals surface area (Å²) in [4.78, 5) is 74.1. The number of hydrogen-bond acceptors (Lipinski definition) is 8. The van der Waals surface area contributed by atoms with E-state index in [9.17, 15) is 24.0 Å². The summed E-state index contributed by atoms with van der Waals surface area (Å²) >= 11 is 3.80. The van der Waals surface area contributed by atoms with Crippen LogP contribution in [0.1, 0.15) is 34.6 Å². The minimum atomic E-state index is -1.55. The lowest BCUT2D eigenvalue weighted by atomic mass is 9.43. The van der Waals surface area contributed by atoms with Crippen molar-refractivity contribution in [2.24, 2.45) is 29.1 Å². The van der Waals surface area contributed by atoms with E-state index in [0.717, 1.165) is 9.80 Å². The van der Waals surface area contributed by atoms with Gasteiger partial charge in [-0.1, -0.05) is 47.1 Å². The highest BCUT2D eigenvalue weighted by Crippen LogP contribution is 2.73. The van der Waals surface area contributed by atoms with Crippen LogP contribution < -0.4 is 19.3 Å². The van der Waals surface area contributed by atoms with Gasteiger partial charge in [-0.3, -0.25) is 19.2 Å². The lowest BCUT2D eigenvalue weighted by Gasteiger charge is -2.59. The maximum atomic E-state index is 14.6. The van der Waals surface area contributed by atoms with Crippen molar-refractivity contribution in [3.05, 3.63) is 59.7 Å². The molecule has 0 N–H and O–H groups in total. The number of allylic oxidation sites excluding steroid dienone is 1. The van der Waals surface area contributed by atoms with E-state index in [1.165, 1.54) is 0 Å². The number of nitrogens with zero attached hydrogens (tertiary/aromatic N) is 2. The van der Waals surface area contributed by atoms with Gasteiger partial charge in [-0.25, -0.2) is 14.6 Å². The Labute approximate surface area is 263 Å². The maximum absolute atomic E-state index is 14.6. The van der Waals surface area contributed by atoms with Crippen molar-refractivity contribution in [3.8, 4) is 11.5 Å². The number of benzene rings is 2. The van der Waals surface area contributed by atoms with Gasteiger partial charge in [0.25, 0.3) is 0 Å². The smallest absolute Gasteiger partial charge is 0.334 e. The van der Waals surface area contributed by atoms with E-state index in [1.54, 1.807) is 83.1 Å². The Morgan fingerprint density at radius 2 is 1.14 bits per heavy atom. The third-order valence-corrected chi connectivity index (χ3v) is 11.2. The Balaban J connectivity index is 1.58. The molecule has 11 heteroatoms. The summed E-state index contributed by atoms with van der Waals surface area (Å²) in [6.45, 7) is 9.26. The molecule has 5 aliphatic rings. The lowest BCUT2D eigenvalue weighted by Crippen LogP contribution is -2.67. The van der Waals surface area contributed by atoms with E-state index in [1.807, 2.05) is 0 Å². The molecule has 10 nitrogen and oxygen atoms in total. The Bertz CT molecular complexity index is 1560. The van der Waals surface area contributed by atoms with Gasteiger partial charge >= 0.3 is 5.97 Å². The number of ether oxygens (including phenoxy) is 3. The summed E-state index contributed by atoms with van der Waals surface area (Å²) in [5.41, 5.74) is -0.471. The van der Waals surface area contributed by atoms with Crippen molar-refractivity contribution in [1.29, 1.82) is 0 Å². The van der Waals surface area contributed by atoms with Gasteiger partial charge in [0, 0.05) is 11.0 Å². The molecule has 2 saturated heterocycles. The zero-order valence-corrected chi connectivity index (χ0v) is 26.7. The predicted octanol–water partition coefficient (Wildman–Crippen LogP) is 4.44. The van der Waals surface area contributed by atoms with Gasteiger partial charge in [-0.2, -0.15) is 0 Å². The van der Waals surface area contributed by atoms with Crippen molar-refractivity contribution in [2.45, 2.75) is 38.9 Å². The summed E-state index contributed by atoms with van der Waals surface area (Å²) < 4.78 is 15.5. The highest BCUT2D eigenvalue weighted by molar-refractivity contribution is 9.10. The molecule has 2 unspecified atom stereocenters. The maximum Gasteiger partial charge on any atom is 0.334 e. The summed E-state index contributed by atoms with van der Waals surface area (Å²) in [6.07, 6.45) is 0. The van der Waals surface area contributed by atoms with E-state index in [4.69, 9.17) is 14.2 Å². The molecule has 0 radical (unpaired) electrons. The predicted molar refractivity (Wildman–Crippen MR) is 163 cm³/mol. The van der Waals surface area contributed by atoms with Crippen LogP contribution in [0.2, 0.25) is 0 Å². The molecular weight excluding hydrogens is 632 g/mol. The molecule has 2 bridgehead atoms. The molecule has 2 aromatic carbocycles. The summed E-state index contributed by atoms with van der Waals surface area (Å²) in [5, 5.41) is 0. The van der Waals surface area contributed by atoms with Crippen LogP contribution in [-0.2, 0) is 28.7 Å². The molecular formula is C33H33BrN2O8. The van der Waals surface area contributed by atoms with Gasteiger partial charge in [0.15, 0.2) is 0 Å². The van der Waals surface area contributed by atoms with Crippen LogP contribution in [0.5, 0.6) is 11.5 Å². The summed E-state index contributed by atoms with van der Waals surface area (Å²) in [7, 11) is 0. The fraction of sp³-hybridized carbons (Fsp3) is 0.424. The highest BCUT2D eigenvalue weighted by Gasteiger charge is 2.82.